The molecule has 0 aromatic heterocycles. The van der Waals surface area contributed by atoms with Gasteiger partial charge in [-0.05, 0) is 48.4 Å². The number of carbonyl (C=O) groups is 2. The quantitative estimate of drug-likeness (QED) is 0.358. The van der Waals surface area contributed by atoms with Gasteiger partial charge >= 0.3 is 0 Å². The van der Waals surface area contributed by atoms with Crippen molar-refractivity contribution in [3.63, 3.8) is 0 Å². The number of anilines is 1. The van der Waals surface area contributed by atoms with Crippen molar-refractivity contribution in [2.75, 3.05) is 24.2 Å². The van der Waals surface area contributed by atoms with Crippen LogP contribution >= 0.6 is 0 Å². The number of hydrogen-bond donors (Lipinski definition) is 1. The van der Waals surface area contributed by atoms with Crippen molar-refractivity contribution >= 4 is 38.3 Å². The third-order valence-corrected chi connectivity index (χ3v) is 8.67. The zero-order chi connectivity index (χ0) is 28.7. The second-order valence-corrected chi connectivity index (χ2v) is 12.3. The Bertz CT molecular complexity index is 1430. The van der Waals surface area contributed by atoms with E-state index in [0.717, 1.165) is 52.6 Å². The average Bonchev–Trinajstić information content (AvgIpc) is 2.95. The van der Waals surface area contributed by atoms with E-state index in [4.69, 9.17) is 4.74 Å². The van der Waals surface area contributed by atoms with Crippen molar-refractivity contribution in [3.05, 3.63) is 72.3 Å². The van der Waals surface area contributed by atoms with Crippen LogP contribution in [0.2, 0.25) is 0 Å². The summed E-state index contributed by atoms with van der Waals surface area (Å²) in [6.45, 7) is 1.58. The summed E-state index contributed by atoms with van der Waals surface area (Å²) >= 11 is 0. The maximum absolute atomic E-state index is 14.1. The zero-order valence-electron chi connectivity index (χ0n) is 23.5. The molecule has 3 aromatic carbocycles. The fourth-order valence-electron chi connectivity index (χ4n) is 5.45. The van der Waals surface area contributed by atoms with Gasteiger partial charge in [-0.1, -0.05) is 74.7 Å². The van der Waals surface area contributed by atoms with Crippen LogP contribution in [0.3, 0.4) is 0 Å². The Morgan fingerprint density at radius 1 is 1.00 bits per heavy atom. The summed E-state index contributed by atoms with van der Waals surface area (Å²) < 4.78 is 32.7. The highest BCUT2D eigenvalue weighted by atomic mass is 32.2. The van der Waals surface area contributed by atoms with Gasteiger partial charge in [-0.2, -0.15) is 0 Å². The third kappa shape index (κ3) is 7.13. The minimum atomic E-state index is -3.83. The van der Waals surface area contributed by atoms with Gasteiger partial charge in [0, 0.05) is 18.0 Å². The van der Waals surface area contributed by atoms with Crippen LogP contribution in [-0.2, 0) is 26.2 Å². The summed E-state index contributed by atoms with van der Waals surface area (Å²) in [5, 5.41) is 4.76. The Balaban J connectivity index is 1.68. The summed E-state index contributed by atoms with van der Waals surface area (Å²) in [6, 6.07) is 19.5. The highest BCUT2D eigenvalue weighted by molar-refractivity contribution is 7.92. The van der Waals surface area contributed by atoms with Crippen LogP contribution in [0.5, 0.6) is 5.75 Å². The SMILES string of the molecule is CCC(C(=O)NC1CCCCC1)N(Cc1cccc(OC)c1)C(=O)CN(c1cccc2ccccc12)S(C)(=O)=O. The summed E-state index contributed by atoms with van der Waals surface area (Å²) in [5.74, 6) is -0.0216. The molecule has 1 saturated carbocycles. The summed E-state index contributed by atoms with van der Waals surface area (Å²) in [5.41, 5.74) is 1.21. The van der Waals surface area contributed by atoms with Gasteiger partial charge in [0.2, 0.25) is 21.8 Å². The third-order valence-electron chi connectivity index (χ3n) is 7.54. The lowest BCUT2D eigenvalue weighted by molar-refractivity contribution is -0.140. The molecule has 1 N–H and O–H groups in total. The molecule has 0 aliphatic heterocycles. The molecule has 0 heterocycles. The van der Waals surface area contributed by atoms with Crippen molar-refractivity contribution in [1.82, 2.24) is 10.2 Å². The first-order valence-corrected chi connectivity index (χ1v) is 15.7. The van der Waals surface area contributed by atoms with Gasteiger partial charge in [-0.15, -0.1) is 0 Å². The van der Waals surface area contributed by atoms with Gasteiger partial charge in [-0.3, -0.25) is 13.9 Å². The van der Waals surface area contributed by atoms with Crippen LogP contribution in [0.1, 0.15) is 51.0 Å². The molecule has 1 atom stereocenters. The molecule has 0 saturated heterocycles. The number of sulfonamides is 1. The average molecular weight is 566 g/mol. The molecule has 1 fully saturated rings. The number of rotatable bonds is 11. The molecular formula is C31H39N3O5S. The van der Waals surface area contributed by atoms with E-state index in [2.05, 4.69) is 5.32 Å². The van der Waals surface area contributed by atoms with Crippen molar-refractivity contribution in [2.24, 2.45) is 0 Å². The zero-order valence-corrected chi connectivity index (χ0v) is 24.3. The van der Waals surface area contributed by atoms with E-state index in [9.17, 15) is 18.0 Å². The molecule has 9 heteroatoms. The number of methoxy groups -OCH3 is 1. The number of nitrogens with one attached hydrogen (secondary N) is 1. The van der Waals surface area contributed by atoms with Crippen LogP contribution in [0, 0.1) is 0 Å². The maximum Gasteiger partial charge on any atom is 0.244 e. The summed E-state index contributed by atoms with van der Waals surface area (Å²) in [7, 11) is -2.26. The van der Waals surface area contributed by atoms with E-state index < -0.39 is 28.5 Å². The number of nitrogens with zero attached hydrogens (tertiary/aromatic N) is 2. The molecule has 0 bridgehead atoms. The van der Waals surface area contributed by atoms with Crippen LogP contribution in [0.15, 0.2) is 66.7 Å². The van der Waals surface area contributed by atoms with Gasteiger partial charge in [0.1, 0.15) is 18.3 Å². The highest BCUT2D eigenvalue weighted by Gasteiger charge is 2.33. The molecule has 1 aliphatic carbocycles. The van der Waals surface area contributed by atoms with Crippen molar-refractivity contribution in [1.29, 1.82) is 0 Å². The van der Waals surface area contributed by atoms with Gasteiger partial charge in [0.15, 0.2) is 0 Å². The van der Waals surface area contributed by atoms with Crippen LogP contribution in [0.25, 0.3) is 10.8 Å². The lowest BCUT2D eigenvalue weighted by atomic mass is 9.95. The minimum absolute atomic E-state index is 0.0901. The smallest absolute Gasteiger partial charge is 0.244 e. The van der Waals surface area contributed by atoms with Gasteiger partial charge < -0.3 is 15.0 Å². The van der Waals surface area contributed by atoms with Crippen molar-refractivity contribution < 1.29 is 22.7 Å². The van der Waals surface area contributed by atoms with Crippen molar-refractivity contribution in [2.45, 2.75) is 64.1 Å². The van der Waals surface area contributed by atoms with Crippen LogP contribution in [-0.4, -0.2) is 57.1 Å². The van der Waals surface area contributed by atoms with Gasteiger partial charge in [0.05, 0.1) is 19.1 Å². The molecule has 1 aliphatic rings. The molecule has 8 nitrogen and oxygen atoms in total. The van der Waals surface area contributed by atoms with E-state index in [1.807, 2.05) is 61.5 Å². The first-order valence-electron chi connectivity index (χ1n) is 13.9. The standard InChI is InChI=1S/C31H39N3O5S/c1-4-28(31(36)32-25-15-6-5-7-16-25)33(21-23-12-10-17-26(20-23)39-2)30(35)22-34(40(3,37)38)29-19-11-14-24-13-8-9-18-27(24)29/h8-14,17-20,25,28H,4-7,15-16,21-22H2,1-3H3,(H,32,36). The minimum Gasteiger partial charge on any atom is -0.497 e. The Hall–Kier alpha value is -3.59. The molecule has 214 valence electrons. The number of fused-ring (bicyclic) bond motifs is 1. The van der Waals surface area contributed by atoms with Gasteiger partial charge in [-0.25, -0.2) is 8.42 Å². The molecule has 1 unspecified atom stereocenters. The molecule has 40 heavy (non-hydrogen) atoms. The van der Waals surface area contributed by atoms with Crippen LogP contribution < -0.4 is 14.4 Å². The van der Waals surface area contributed by atoms with Crippen LogP contribution in [0.4, 0.5) is 5.69 Å². The monoisotopic (exact) mass is 565 g/mol. The number of amides is 2. The lowest BCUT2D eigenvalue weighted by Crippen LogP contribution is -2.54. The van der Waals surface area contributed by atoms with Gasteiger partial charge in [0.25, 0.3) is 0 Å². The fourth-order valence-corrected chi connectivity index (χ4v) is 6.31. The summed E-state index contributed by atoms with van der Waals surface area (Å²) in [6.07, 6.45) is 6.65. The molecule has 0 radical (unpaired) electrons. The Labute approximate surface area is 237 Å². The Morgan fingerprint density at radius 2 is 1.70 bits per heavy atom. The maximum atomic E-state index is 14.1. The van der Waals surface area contributed by atoms with Crippen molar-refractivity contribution in [3.8, 4) is 5.75 Å². The van der Waals surface area contributed by atoms with E-state index in [0.29, 0.717) is 17.9 Å². The number of ether oxygens (including phenoxy) is 1. The molecule has 2 amide bonds. The molecular weight excluding hydrogens is 526 g/mol. The predicted molar refractivity (Wildman–Crippen MR) is 159 cm³/mol. The highest BCUT2D eigenvalue weighted by Crippen LogP contribution is 2.29. The topological polar surface area (TPSA) is 96.0 Å². The van der Waals surface area contributed by atoms with E-state index in [1.165, 1.54) is 11.3 Å². The number of benzene rings is 3. The first-order chi connectivity index (χ1) is 19.2. The fraction of sp³-hybridized carbons (Fsp3) is 0.419. The van der Waals surface area contributed by atoms with E-state index in [1.54, 1.807) is 19.2 Å². The Kier molecular flexibility index (Phi) is 9.68. The van der Waals surface area contributed by atoms with E-state index in [-0.39, 0.29) is 18.5 Å². The molecule has 0 spiro atoms. The predicted octanol–water partition coefficient (Wildman–Crippen LogP) is 4.87. The number of hydrogen-bond acceptors (Lipinski definition) is 5. The molecule has 3 aromatic rings. The lowest BCUT2D eigenvalue weighted by Gasteiger charge is -2.34. The normalized spacial score (nSPS) is 14.9. The largest absolute Gasteiger partial charge is 0.497 e. The second kappa shape index (κ2) is 13.2. The second-order valence-electron chi connectivity index (χ2n) is 10.4. The Morgan fingerprint density at radius 3 is 2.40 bits per heavy atom. The first kappa shape index (κ1) is 29.4. The molecule has 4 rings (SSSR count). The van der Waals surface area contributed by atoms with E-state index >= 15 is 0 Å². The summed E-state index contributed by atoms with van der Waals surface area (Å²) in [4.78, 5) is 29.2. The number of carbonyl (C=O) groups excluding carboxylic acids is 2.